The van der Waals surface area contributed by atoms with Gasteiger partial charge in [0.05, 0.1) is 6.61 Å². The van der Waals surface area contributed by atoms with E-state index in [2.05, 4.69) is 9.05 Å². The SMILES string of the molecule is CCCOP(=O)(O)OC(F)(F)C(F)(F)CC(F)(F)F. The Morgan fingerprint density at radius 2 is 1.58 bits per heavy atom. The Kier molecular flexibility index (Phi) is 5.82. The summed E-state index contributed by atoms with van der Waals surface area (Å²) in [4.78, 5) is 8.66. The minimum Gasteiger partial charge on any atom is -0.302 e. The molecular formula is C7H10F7O4P. The molecule has 0 saturated carbocycles. The first-order valence-corrected chi connectivity index (χ1v) is 6.22. The van der Waals surface area contributed by atoms with E-state index in [9.17, 15) is 35.3 Å². The third-order valence-electron chi connectivity index (χ3n) is 1.54. The summed E-state index contributed by atoms with van der Waals surface area (Å²) in [5.74, 6) is -5.71. The highest BCUT2D eigenvalue weighted by Crippen LogP contribution is 2.54. The summed E-state index contributed by atoms with van der Waals surface area (Å²) in [5.41, 5.74) is 0. The van der Waals surface area contributed by atoms with Gasteiger partial charge in [0.2, 0.25) is 0 Å². The normalized spacial score (nSPS) is 17.3. The molecule has 0 aliphatic heterocycles. The molecule has 0 bridgehead atoms. The highest BCUT2D eigenvalue weighted by Gasteiger charge is 2.65. The average molecular weight is 322 g/mol. The summed E-state index contributed by atoms with van der Waals surface area (Å²) in [5, 5.41) is 0. The molecule has 0 aromatic carbocycles. The van der Waals surface area contributed by atoms with E-state index in [0.717, 1.165) is 0 Å². The van der Waals surface area contributed by atoms with Crippen LogP contribution in [0.3, 0.4) is 0 Å². The molecule has 0 heterocycles. The fourth-order valence-electron chi connectivity index (χ4n) is 0.799. The van der Waals surface area contributed by atoms with Crippen LogP contribution in [-0.4, -0.2) is 29.7 Å². The van der Waals surface area contributed by atoms with Crippen molar-refractivity contribution in [3.05, 3.63) is 0 Å². The van der Waals surface area contributed by atoms with E-state index in [1.165, 1.54) is 6.92 Å². The van der Waals surface area contributed by atoms with Crippen LogP contribution in [0, 0.1) is 0 Å². The molecule has 0 aromatic rings. The third-order valence-corrected chi connectivity index (χ3v) is 2.51. The van der Waals surface area contributed by atoms with Crippen molar-refractivity contribution >= 4 is 7.82 Å². The number of hydrogen-bond donors (Lipinski definition) is 1. The number of rotatable bonds is 7. The zero-order valence-corrected chi connectivity index (χ0v) is 10.3. The maximum Gasteiger partial charge on any atom is 0.477 e. The molecule has 19 heavy (non-hydrogen) atoms. The zero-order chi connectivity index (χ0) is 15.5. The van der Waals surface area contributed by atoms with Crippen LogP contribution >= 0.6 is 7.82 Å². The first kappa shape index (κ1) is 18.6. The van der Waals surface area contributed by atoms with Gasteiger partial charge in [-0.3, -0.25) is 4.52 Å². The van der Waals surface area contributed by atoms with E-state index in [-0.39, 0.29) is 6.42 Å². The van der Waals surface area contributed by atoms with Crippen LogP contribution in [0.4, 0.5) is 30.7 Å². The van der Waals surface area contributed by atoms with Crippen molar-refractivity contribution in [2.24, 2.45) is 0 Å². The smallest absolute Gasteiger partial charge is 0.302 e. The molecule has 0 spiro atoms. The minimum absolute atomic E-state index is 0.0679. The van der Waals surface area contributed by atoms with E-state index in [1.54, 1.807) is 0 Å². The number of phosphoric ester groups is 1. The number of halogens is 7. The topological polar surface area (TPSA) is 55.8 Å². The highest BCUT2D eigenvalue weighted by molar-refractivity contribution is 7.47. The van der Waals surface area contributed by atoms with Gasteiger partial charge in [-0.05, 0) is 6.42 Å². The molecule has 0 fully saturated rings. The lowest BCUT2D eigenvalue weighted by molar-refractivity contribution is -0.339. The van der Waals surface area contributed by atoms with E-state index < -0.39 is 39.1 Å². The van der Waals surface area contributed by atoms with Crippen LogP contribution in [0.5, 0.6) is 0 Å². The van der Waals surface area contributed by atoms with Gasteiger partial charge in [0.1, 0.15) is 6.42 Å². The average Bonchev–Trinajstić information content (AvgIpc) is 2.08. The molecule has 0 aliphatic rings. The molecule has 0 rings (SSSR count). The largest absolute Gasteiger partial charge is 0.477 e. The third kappa shape index (κ3) is 6.55. The lowest BCUT2D eigenvalue weighted by atomic mass is 10.2. The van der Waals surface area contributed by atoms with Gasteiger partial charge < -0.3 is 4.89 Å². The van der Waals surface area contributed by atoms with Crippen LogP contribution in [0.1, 0.15) is 19.8 Å². The van der Waals surface area contributed by atoms with Gasteiger partial charge in [0, 0.05) is 0 Å². The number of phosphoric acid groups is 1. The van der Waals surface area contributed by atoms with Gasteiger partial charge in [-0.15, -0.1) is 0 Å². The lowest BCUT2D eigenvalue weighted by Crippen LogP contribution is -2.45. The molecular weight excluding hydrogens is 312 g/mol. The van der Waals surface area contributed by atoms with E-state index in [0.29, 0.717) is 0 Å². The van der Waals surface area contributed by atoms with Gasteiger partial charge in [0.15, 0.2) is 0 Å². The van der Waals surface area contributed by atoms with Crippen LogP contribution < -0.4 is 0 Å². The van der Waals surface area contributed by atoms with E-state index in [4.69, 9.17) is 4.89 Å². The summed E-state index contributed by atoms with van der Waals surface area (Å²) in [7, 11) is -5.59. The quantitative estimate of drug-likeness (QED) is 0.573. The Hall–Kier alpha value is -0.380. The predicted molar refractivity (Wildman–Crippen MR) is 47.7 cm³/mol. The maximum atomic E-state index is 12.8. The molecule has 116 valence electrons. The van der Waals surface area contributed by atoms with Crippen molar-refractivity contribution in [3.63, 3.8) is 0 Å². The second kappa shape index (κ2) is 5.94. The second-order valence-electron chi connectivity index (χ2n) is 3.41. The van der Waals surface area contributed by atoms with Crippen LogP contribution in [0.25, 0.3) is 0 Å². The molecule has 0 aromatic heterocycles. The Morgan fingerprint density at radius 1 is 1.11 bits per heavy atom. The molecule has 12 heteroatoms. The molecule has 0 radical (unpaired) electrons. The highest BCUT2D eigenvalue weighted by atomic mass is 31.2. The van der Waals surface area contributed by atoms with Crippen molar-refractivity contribution < 1.29 is 49.2 Å². The molecule has 0 amide bonds. The zero-order valence-electron chi connectivity index (χ0n) is 9.39. The van der Waals surface area contributed by atoms with Crippen molar-refractivity contribution in [1.29, 1.82) is 0 Å². The number of alkyl halides is 7. The van der Waals surface area contributed by atoms with Crippen molar-refractivity contribution in [1.82, 2.24) is 0 Å². The maximum absolute atomic E-state index is 12.8. The Balaban J connectivity index is 4.91. The van der Waals surface area contributed by atoms with Crippen molar-refractivity contribution in [2.45, 2.75) is 38.0 Å². The summed E-state index contributed by atoms with van der Waals surface area (Å²) in [6.07, 6.45) is -14.6. The molecule has 1 atom stereocenters. The molecule has 0 aliphatic carbocycles. The van der Waals surface area contributed by atoms with Crippen molar-refractivity contribution in [2.75, 3.05) is 6.61 Å². The standard InChI is InChI=1S/C7H10F7O4P/c1-2-3-17-19(15,16)18-7(13,14)5(8,9)4-6(10,11)12/h2-4H2,1H3,(H,15,16). The van der Waals surface area contributed by atoms with Gasteiger partial charge in [0.25, 0.3) is 0 Å². The van der Waals surface area contributed by atoms with Gasteiger partial charge in [-0.1, -0.05) is 6.92 Å². The monoisotopic (exact) mass is 322 g/mol. The van der Waals surface area contributed by atoms with Crippen molar-refractivity contribution in [3.8, 4) is 0 Å². The summed E-state index contributed by atoms with van der Waals surface area (Å²) >= 11 is 0. The predicted octanol–water partition coefficient (Wildman–Crippen LogP) is 3.71. The van der Waals surface area contributed by atoms with Gasteiger partial charge >= 0.3 is 26.0 Å². The molecule has 0 saturated heterocycles. The Labute approximate surface area is 103 Å². The van der Waals surface area contributed by atoms with E-state index in [1.807, 2.05) is 0 Å². The molecule has 1 N–H and O–H groups in total. The summed E-state index contributed by atoms with van der Waals surface area (Å²) in [6, 6.07) is 0. The Bertz CT molecular complexity index is 343. The van der Waals surface area contributed by atoms with Gasteiger partial charge in [-0.25, -0.2) is 9.09 Å². The minimum atomic E-state index is -5.81. The van der Waals surface area contributed by atoms with Crippen LogP contribution in [0.2, 0.25) is 0 Å². The van der Waals surface area contributed by atoms with Gasteiger partial charge in [-0.2, -0.15) is 30.7 Å². The van der Waals surface area contributed by atoms with Crippen LogP contribution in [-0.2, 0) is 13.6 Å². The van der Waals surface area contributed by atoms with Crippen LogP contribution in [0.15, 0.2) is 0 Å². The summed E-state index contributed by atoms with van der Waals surface area (Å²) in [6.45, 7) is 0.825. The Morgan fingerprint density at radius 3 is 1.95 bits per heavy atom. The first-order chi connectivity index (χ1) is 8.22. The molecule has 1 unspecified atom stereocenters. The molecule has 4 nitrogen and oxygen atoms in total. The first-order valence-electron chi connectivity index (χ1n) is 4.73. The summed E-state index contributed by atoms with van der Waals surface area (Å²) < 4.78 is 103. The fourth-order valence-corrected chi connectivity index (χ4v) is 1.69. The van der Waals surface area contributed by atoms with E-state index >= 15 is 0 Å². The second-order valence-corrected chi connectivity index (χ2v) is 4.78. The fraction of sp³-hybridized carbons (Fsp3) is 1.00. The number of hydrogen-bond acceptors (Lipinski definition) is 3. The lowest BCUT2D eigenvalue weighted by Gasteiger charge is -2.27.